The molecule has 0 heterocycles. The molecule has 0 aromatic heterocycles. The van der Waals surface area contributed by atoms with Crippen molar-refractivity contribution in [2.24, 2.45) is 5.41 Å². The van der Waals surface area contributed by atoms with Gasteiger partial charge >= 0.3 is 18.0 Å². The largest absolute Gasteiger partial charge is 0.481 e. The van der Waals surface area contributed by atoms with Crippen molar-refractivity contribution in [1.29, 1.82) is 0 Å². The van der Waals surface area contributed by atoms with E-state index in [1.54, 1.807) is 0 Å². The monoisotopic (exact) mass is 272 g/mol. The van der Waals surface area contributed by atoms with Gasteiger partial charge in [0.05, 0.1) is 6.42 Å². The Hall–Kier alpha value is -1.79. The van der Waals surface area contributed by atoms with Crippen molar-refractivity contribution in [3.05, 3.63) is 0 Å². The van der Waals surface area contributed by atoms with Crippen molar-refractivity contribution < 1.29 is 24.6 Å². The molecule has 7 nitrogen and oxygen atoms in total. The minimum atomic E-state index is -1.41. The summed E-state index contributed by atoms with van der Waals surface area (Å²) in [7, 11) is 0. The van der Waals surface area contributed by atoms with E-state index in [4.69, 9.17) is 10.2 Å². The topological polar surface area (TPSA) is 116 Å². The lowest BCUT2D eigenvalue weighted by Gasteiger charge is -2.19. The van der Waals surface area contributed by atoms with Gasteiger partial charge in [-0.05, 0) is 24.7 Å². The van der Waals surface area contributed by atoms with Crippen molar-refractivity contribution in [3.63, 3.8) is 0 Å². The van der Waals surface area contributed by atoms with Crippen LogP contribution in [0.15, 0.2) is 0 Å². The Balaban J connectivity index is 2.45. The van der Waals surface area contributed by atoms with Crippen molar-refractivity contribution >= 4 is 18.0 Å². The molecule has 0 saturated heterocycles. The average molecular weight is 272 g/mol. The summed E-state index contributed by atoms with van der Waals surface area (Å²) in [5, 5.41) is 22.2. The van der Waals surface area contributed by atoms with Crippen LogP contribution in [-0.4, -0.2) is 40.3 Å². The van der Waals surface area contributed by atoms with Crippen molar-refractivity contribution in [2.75, 3.05) is 0 Å². The lowest BCUT2D eigenvalue weighted by molar-refractivity contribution is -0.145. The van der Waals surface area contributed by atoms with E-state index in [0.717, 1.165) is 19.3 Å². The molecule has 2 atom stereocenters. The van der Waals surface area contributed by atoms with E-state index in [1.165, 1.54) is 0 Å². The summed E-state index contributed by atoms with van der Waals surface area (Å²) >= 11 is 0. The van der Waals surface area contributed by atoms with Gasteiger partial charge in [-0.2, -0.15) is 0 Å². The third kappa shape index (κ3) is 5.15. The molecule has 1 rings (SSSR count). The number of carboxylic acid groups (broad SMARTS) is 2. The molecule has 4 N–H and O–H groups in total. The molecule has 7 heteroatoms. The molecule has 108 valence electrons. The van der Waals surface area contributed by atoms with Crippen LogP contribution in [0.4, 0.5) is 4.79 Å². The first kappa shape index (κ1) is 15.3. The molecule has 1 aliphatic rings. The zero-order valence-electron chi connectivity index (χ0n) is 11.1. The van der Waals surface area contributed by atoms with Gasteiger partial charge in [0.1, 0.15) is 6.04 Å². The van der Waals surface area contributed by atoms with Crippen LogP contribution < -0.4 is 10.6 Å². The number of amides is 2. The first-order valence-electron chi connectivity index (χ1n) is 6.21. The first-order valence-corrected chi connectivity index (χ1v) is 6.21. The van der Waals surface area contributed by atoms with Crippen LogP contribution in [0, 0.1) is 5.41 Å². The van der Waals surface area contributed by atoms with Crippen LogP contribution in [0.25, 0.3) is 0 Å². The van der Waals surface area contributed by atoms with E-state index < -0.39 is 30.4 Å². The number of hydrogen-bond donors (Lipinski definition) is 4. The zero-order chi connectivity index (χ0) is 14.6. The van der Waals surface area contributed by atoms with E-state index in [-0.39, 0.29) is 11.5 Å². The summed E-state index contributed by atoms with van der Waals surface area (Å²) in [6.07, 6.45) is 2.03. The Morgan fingerprint density at radius 3 is 2.37 bits per heavy atom. The number of urea groups is 1. The fourth-order valence-electron chi connectivity index (χ4n) is 2.32. The predicted octanol–water partition coefficient (Wildman–Crippen LogP) is 0.792. The summed E-state index contributed by atoms with van der Waals surface area (Å²) in [6, 6.07) is -2.03. The highest BCUT2D eigenvalue weighted by atomic mass is 16.4. The molecule has 0 aromatic carbocycles. The second kappa shape index (κ2) is 5.90. The minimum absolute atomic E-state index is 0.00859. The second-order valence-electron chi connectivity index (χ2n) is 5.71. The molecule has 0 radical (unpaired) electrons. The molecule has 0 spiro atoms. The number of rotatable bonds is 5. The summed E-state index contributed by atoms with van der Waals surface area (Å²) in [4.78, 5) is 32.9. The maximum absolute atomic E-state index is 11.6. The van der Waals surface area contributed by atoms with Gasteiger partial charge in [-0.15, -0.1) is 0 Å². The molecular weight excluding hydrogens is 252 g/mol. The van der Waals surface area contributed by atoms with Gasteiger partial charge in [-0.1, -0.05) is 13.8 Å². The number of carboxylic acids is 2. The highest BCUT2D eigenvalue weighted by Crippen LogP contribution is 2.36. The van der Waals surface area contributed by atoms with Gasteiger partial charge in [0, 0.05) is 6.04 Å². The Labute approximate surface area is 111 Å². The van der Waals surface area contributed by atoms with E-state index in [0.29, 0.717) is 0 Å². The fourth-order valence-corrected chi connectivity index (χ4v) is 2.32. The molecule has 1 fully saturated rings. The van der Waals surface area contributed by atoms with Crippen LogP contribution >= 0.6 is 0 Å². The molecule has 19 heavy (non-hydrogen) atoms. The summed E-state index contributed by atoms with van der Waals surface area (Å²) < 4.78 is 0. The minimum Gasteiger partial charge on any atom is -0.481 e. The normalized spacial score (nSPS) is 22.5. The smallest absolute Gasteiger partial charge is 0.326 e. The van der Waals surface area contributed by atoms with Gasteiger partial charge in [0.2, 0.25) is 0 Å². The molecule has 1 saturated carbocycles. The molecule has 0 bridgehead atoms. The van der Waals surface area contributed by atoms with E-state index in [2.05, 4.69) is 24.5 Å². The highest BCUT2D eigenvalue weighted by molar-refractivity contribution is 5.86. The van der Waals surface area contributed by atoms with Crippen molar-refractivity contribution in [3.8, 4) is 0 Å². The molecule has 1 aliphatic carbocycles. The maximum atomic E-state index is 11.6. The molecular formula is C12H20N2O5. The van der Waals surface area contributed by atoms with Gasteiger partial charge < -0.3 is 20.8 Å². The lowest BCUT2D eigenvalue weighted by Crippen LogP contribution is -2.49. The number of aliphatic carboxylic acids is 2. The van der Waals surface area contributed by atoms with Crippen molar-refractivity contribution in [2.45, 2.75) is 51.6 Å². The second-order valence-corrected chi connectivity index (χ2v) is 5.71. The SMILES string of the molecule is CC1(C)CCC(NC(=O)N[C@@H](CC(=O)O)C(=O)O)C1. The first-order chi connectivity index (χ1) is 8.69. The third-order valence-corrected chi connectivity index (χ3v) is 3.29. The quantitative estimate of drug-likeness (QED) is 0.590. The summed E-state index contributed by atoms with van der Waals surface area (Å²) in [6.45, 7) is 4.22. The Morgan fingerprint density at radius 2 is 1.95 bits per heavy atom. The maximum Gasteiger partial charge on any atom is 0.326 e. The van der Waals surface area contributed by atoms with E-state index in [1.807, 2.05) is 0 Å². The standard InChI is InChI=1S/C12H20N2O5/c1-12(2)4-3-7(6-12)13-11(19)14-8(10(17)18)5-9(15)16/h7-8H,3-6H2,1-2H3,(H,15,16)(H,17,18)(H2,13,14,19)/t7?,8-/m0/s1. The number of nitrogens with one attached hydrogen (secondary N) is 2. The molecule has 0 aromatic rings. The van der Waals surface area contributed by atoms with E-state index >= 15 is 0 Å². The number of carbonyl (C=O) groups is 3. The molecule has 0 aliphatic heterocycles. The van der Waals surface area contributed by atoms with E-state index in [9.17, 15) is 14.4 Å². The Kier molecular flexibility index (Phi) is 4.74. The van der Waals surface area contributed by atoms with Gasteiger partial charge in [-0.3, -0.25) is 4.79 Å². The fraction of sp³-hybridized carbons (Fsp3) is 0.750. The summed E-state index contributed by atoms with van der Waals surface area (Å²) in [5.41, 5.74) is 0.172. The number of hydrogen-bond acceptors (Lipinski definition) is 3. The summed E-state index contributed by atoms with van der Waals surface area (Å²) in [5.74, 6) is -2.63. The average Bonchev–Trinajstić information content (AvgIpc) is 2.56. The van der Waals surface area contributed by atoms with Gasteiger partial charge in [0.15, 0.2) is 0 Å². The van der Waals surface area contributed by atoms with Gasteiger partial charge in [0.25, 0.3) is 0 Å². The Bertz CT molecular complexity index is 380. The zero-order valence-corrected chi connectivity index (χ0v) is 11.1. The van der Waals surface area contributed by atoms with Crippen LogP contribution in [0.1, 0.15) is 39.5 Å². The predicted molar refractivity (Wildman–Crippen MR) is 66.8 cm³/mol. The number of carbonyl (C=O) groups excluding carboxylic acids is 1. The van der Waals surface area contributed by atoms with Crippen molar-refractivity contribution in [1.82, 2.24) is 10.6 Å². The molecule has 1 unspecified atom stereocenters. The van der Waals surface area contributed by atoms with Crippen LogP contribution in [-0.2, 0) is 9.59 Å². The van der Waals surface area contributed by atoms with Crippen LogP contribution in [0.3, 0.4) is 0 Å². The Morgan fingerprint density at radius 1 is 1.32 bits per heavy atom. The lowest BCUT2D eigenvalue weighted by atomic mass is 9.92. The third-order valence-electron chi connectivity index (χ3n) is 3.29. The van der Waals surface area contributed by atoms with Crippen LogP contribution in [0.2, 0.25) is 0 Å². The van der Waals surface area contributed by atoms with Crippen LogP contribution in [0.5, 0.6) is 0 Å². The van der Waals surface area contributed by atoms with Gasteiger partial charge in [-0.25, -0.2) is 9.59 Å². The molecule has 2 amide bonds. The highest BCUT2D eigenvalue weighted by Gasteiger charge is 2.32.